The first kappa shape index (κ1) is 14.3. The molecule has 1 aromatic rings. The molecular weight excluding hydrogens is 300 g/mol. The molecule has 3 aliphatic heterocycles. The van der Waals surface area contributed by atoms with Gasteiger partial charge in [-0.1, -0.05) is 23.7 Å². The van der Waals surface area contributed by atoms with Gasteiger partial charge in [-0.15, -0.1) is 0 Å². The van der Waals surface area contributed by atoms with Gasteiger partial charge < -0.3 is 15.0 Å². The molecule has 0 aromatic heterocycles. The van der Waals surface area contributed by atoms with E-state index in [-0.39, 0.29) is 12.1 Å². The molecule has 0 spiro atoms. The average molecular weight is 321 g/mol. The summed E-state index contributed by atoms with van der Waals surface area (Å²) in [5.41, 5.74) is 1.03. The lowest BCUT2D eigenvalue weighted by Gasteiger charge is -2.22. The predicted molar refractivity (Wildman–Crippen MR) is 84.8 cm³/mol. The molecule has 2 bridgehead atoms. The maximum atomic E-state index is 12.5. The number of nitrogens with one attached hydrogen (secondary N) is 1. The van der Waals surface area contributed by atoms with Crippen LogP contribution in [0.25, 0.3) is 0 Å². The van der Waals surface area contributed by atoms with E-state index in [1.165, 1.54) is 12.8 Å². The fourth-order valence-electron chi connectivity index (χ4n) is 4.26. The van der Waals surface area contributed by atoms with Crippen LogP contribution in [0, 0.1) is 11.8 Å². The molecule has 5 atom stereocenters. The van der Waals surface area contributed by atoms with Gasteiger partial charge in [0, 0.05) is 29.9 Å². The molecule has 5 heteroatoms. The molecule has 0 radical (unpaired) electrons. The molecule has 118 valence electrons. The summed E-state index contributed by atoms with van der Waals surface area (Å²) in [7, 11) is 0. The number of rotatable bonds is 2. The molecular formula is C17H21ClN2O2. The summed E-state index contributed by atoms with van der Waals surface area (Å²) in [6.45, 7) is 3.66. The number of ether oxygens (including phenoxy) is 1. The Bertz CT molecular complexity index is 576. The monoisotopic (exact) mass is 320 g/mol. The summed E-state index contributed by atoms with van der Waals surface area (Å²) >= 11 is 6.02. The summed E-state index contributed by atoms with van der Waals surface area (Å²) in [6, 6.07) is 7.64. The van der Waals surface area contributed by atoms with Crippen LogP contribution in [0.1, 0.15) is 31.4 Å². The number of nitrogens with zero attached hydrogens (tertiary/aromatic N) is 1. The highest BCUT2D eigenvalue weighted by atomic mass is 35.5. The minimum Gasteiger partial charge on any atom is -0.374 e. The molecule has 3 aliphatic rings. The molecule has 0 saturated carbocycles. The molecule has 0 aliphatic carbocycles. The van der Waals surface area contributed by atoms with Crippen LogP contribution < -0.4 is 5.32 Å². The predicted octanol–water partition coefficient (Wildman–Crippen LogP) is 3.22. The fourth-order valence-corrected chi connectivity index (χ4v) is 4.46. The van der Waals surface area contributed by atoms with Gasteiger partial charge in [-0.3, -0.25) is 0 Å². The van der Waals surface area contributed by atoms with Gasteiger partial charge in [-0.2, -0.15) is 0 Å². The molecule has 22 heavy (non-hydrogen) atoms. The number of halogens is 1. The van der Waals surface area contributed by atoms with Crippen molar-refractivity contribution in [3.63, 3.8) is 0 Å². The molecule has 3 fully saturated rings. The average Bonchev–Trinajstić information content (AvgIpc) is 3.19. The van der Waals surface area contributed by atoms with Crippen molar-refractivity contribution in [2.75, 3.05) is 13.1 Å². The SMILES string of the molecule is C[C@@H](NC(=O)N1C[C@@H]2[C@H](C1)[C@H]1CC[C@H]2O1)c1cccc(Cl)c1. The van der Waals surface area contributed by atoms with Gasteiger partial charge in [0.15, 0.2) is 0 Å². The molecule has 3 saturated heterocycles. The van der Waals surface area contributed by atoms with Crippen molar-refractivity contribution < 1.29 is 9.53 Å². The Morgan fingerprint density at radius 1 is 1.32 bits per heavy atom. The molecule has 2 amide bonds. The van der Waals surface area contributed by atoms with E-state index >= 15 is 0 Å². The first-order valence-electron chi connectivity index (χ1n) is 8.08. The van der Waals surface area contributed by atoms with Crippen molar-refractivity contribution in [3.8, 4) is 0 Å². The Morgan fingerprint density at radius 3 is 2.64 bits per heavy atom. The number of carbonyl (C=O) groups excluding carboxylic acids is 1. The zero-order valence-electron chi connectivity index (χ0n) is 12.7. The highest BCUT2D eigenvalue weighted by Crippen LogP contribution is 2.47. The van der Waals surface area contributed by atoms with E-state index in [2.05, 4.69) is 5.32 Å². The van der Waals surface area contributed by atoms with Crippen LogP contribution in [0.3, 0.4) is 0 Å². The Kier molecular flexibility index (Phi) is 3.54. The third-order valence-corrected chi connectivity index (χ3v) is 5.66. The van der Waals surface area contributed by atoms with Gasteiger partial charge in [-0.25, -0.2) is 4.79 Å². The summed E-state index contributed by atoms with van der Waals surface area (Å²) in [5, 5.41) is 3.79. The number of carbonyl (C=O) groups is 1. The number of hydrogen-bond acceptors (Lipinski definition) is 2. The maximum absolute atomic E-state index is 12.5. The minimum absolute atomic E-state index is 0.0290. The quantitative estimate of drug-likeness (QED) is 0.909. The number of fused-ring (bicyclic) bond motifs is 5. The van der Waals surface area contributed by atoms with E-state index in [0.29, 0.717) is 29.1 Å². The van der Waals surface area contributed by atoms with E-state index in [1.54, 1.807) is 0 Å². The van der Waals surface area contributed by atoms with Crippen molar-refractivity contribution in [1.29, 1.82) is 0 Å². The largest absolute Gasteiger partial charge is 0.374 e. The third kappa shape index (κ3) is 2.38. The molecule has 4 nitrogen and oxygen atoms in total. The minimum atomic E-state index is -0.0420. The molecule has 1 N–H and O–H groups in total. The van der Waals surface area contributed by atoms with Crippen molar-refractivity contribution in [2.45, 2.75) is 38.0 Å². The maximum Gasteiger partial charge on any atom is 0.317 e. The van der Waals surface area contributed by atoms with Crippen molar-refractivity contribution >= 4 is 17.6 Å². The lowest BCUT2D eigenvalue weighted by molar-refractivity contribution is 0.0737. The standard InChI is InChI=1S/C17H21ClN2O2/c1-10(11-3-2-4-12(18)7-11)19-17(21)20-8-13-14(9-20)16-6-5-15(13)22-16/h2-4,7,10,13-16H,5-6,8-9H2,1H3,(H,19,21)/t10-,13-,14+,15-,16-/m1/s1. The van der Waals surface area contributed by atoms with E-state index in [4.69, 9.17) is 16.3 Å². The van der Waals surface area contributed by atoms with Gasteiger partial charge in [0.2, 0.25) is 0 Å². The summed E-state index contributed by atoms with van der Waals surface area (Å²) in [4.78, 5) is 14.5. The lowest BCUT2D eigenvalue weighted by Crippen LogP contribution is -2.40. The topological polar surface area (TPSA) is 41.6 Å². The highest BCUT2D eigenvalue weighted by Gasteiger charge is 2.53. The second kappa shape index (κ2) is 5.43. The van der Waals surface area contributed by atoms with Crippen LogP contribution >= 0.6 is 11.6 Å². The normalized spacial score (nSPS) is 33.8. The van der Waals surface area contributed by atoms with Gasteiger partial charge in [0.1, 0.15) is 0 Å². The number of likely N-dealkylation sites (tertiary alicyclic amines) is 1. The smallest absolute Gasteiger partial charge is 0.317 e. The van der Waals surface area contributed by atoms with Gasteiger partial charge >= 0.3 is 6.03 Å². The van der Waals surface area contributed by atoms with E-state index in [1.807, 2.05) is 36.1 Å². The van der Waals surface area contributed by atoms with Crippen molar-refractivity contribution in [2.24, 2.45) is 11.8 Å². The number of amides is 2. The van der Waals surface area contributed by atoms with E-state index in [9.17, 15) is 4.79 Å². The number of urea groups is 1. The second-order valence-corrected chi connectivity index (χ2v) is 7.19. The third-order valence-electron chi connectivity index (χ3n) is 5.43. The van der Waals surface area contributed by atoms with Crippen molar-refractivity contribution in [3.05, 3.63) is 34.9 Å². The zero-order valence-corrected chi connectivity index (χ0v) is 13.4. The van der Waals surface area contributed by atoms with E-state index in [0.717, 1.165) is 18.7 Å². The molecule has 4 rings (SSSR count). The summed E-state index contributed by atoms with van der Waals surface area (Å²) in [6.07, 6.45) is 3.11. The molecule has 3 heterocycles. The highest BCUT2D eigenvalue weighted by molar-refractivity contribution is 6.30. The first-order valence-corrected chi connectivity index (χ1v) is 8.46. The Balaban J connectivity index is 1.39. The molecule has 0 unspecified atom stereocenters. The lowest BCUT2D eigenvalue weighted by atomic mass is 9.82. The Morgan fingerprint density at radius 2 is 2.00 bits per heavy atom. The van der Waals surface area contributed by atoms with Gasteiger partial charge in [0.05, 0.1) is 18.2 Å². The van der Waals surface area contributed by atoms with Crippen LogP contribution in [0.4, 0.5) is 4.79 Å². The first-order chi connectivity index (χ1) is 10.6. The fraction of sp³-hybridized carbons (Fsp3) is 0.588. The van der Waals surface area contributed by atoms with Gasteiger partial charge in [-0.05, 0) is 37.5 Å². The van der Waals surface area contributed by atoms with Crippen molar-refractivity contribution in [1.82, 2.24) is 10.2 Å². The summed E-state index contributed by atoms with van der Waals surface area (Å²) in [5.74, 6) is 1.09. The van der Waals surface area contributed by atoms with Crippen LogP contribution in [0.5, 0.6) is 0 Å². The van der Waals surface area contributed by atoms with E-state index < -0.39 is 0 Å². The van der Waals surface area contributed by atoms with Crippen LogP contribution in [-0.4, -0.2) is 36.2 Å². The van der Waals surface area contributed by atoms with Crippen LogP contribution in [0.2, 0.25) is 5.02 Å². The van der Waals surface area contributed by atoms with Gasteiger partial charge in [0.25, 0.3) is 0 Å². The summed E-state index contributed by atoms with van der Waals surface area (Å²) < 4.78 is 5.96. The van der Waals surface area contributed by atoms with Crippen LogP contribution in [-0.2, 0) is 4.74 Å². The second-order valence-electron chi connectivity index (χ2n) is 6.75. The Labute approximate surface area is 135 Å². The van der Waals surface area contributed by atoms with Crippen LogP contribution in [0.15, 0.2) is 24.3 Å². The molecule has 1 aromatic carbocycles. The number of hydrogen-bond donors (Lipinski definition) is 1. The number of benzene rings is 1. The Hall–Kier alpha value is -1.26. The zero-order chi connectivity index (χ0) is 15.3.